The number of esters is 1. The fraction of sp³-hybridized carbons (Fsp3) is 0.938. The number of hydrogen-bond acceptors (Lipinski definition) is 3. The third-order valence-electron chi connectivity index (χ3n) is 4.97. The molecule has 0 amide bonds. The average molecular weight is 394 g/mol. The highest BCUT2D eigenvalue weighted by Gasteiger charge is 2.39. The van der Waals surface area contributed by atoms with Gasteiger partial charge in [0.25, 0.3) is 0 Å². The molecule has 0 bridgehead atoms. The van der Waals surface area contributed by atoms with Crippen molar-refractivity contribution in [1.82, 2.24) is 0 Å². The van der Waals surface area contributed by atoms with Gasteiger partial charge in [-0.15, -0.1) is 0 Å². The Labute approximate surface area is 136 Å². The largest absolute Gasteiger partial charge is 0.466 e. The van der Waals surface area contributed by atoms with E-state index in [1.807, 2.05) is 6.92 Å². The number of hydrogen-bond donors (Lipinski definition) is 0. The summed E-state index contributed by atoms with van der Waals surface area (Å²) in [6.07, 6.45) is 5.99. The van der Waals surface area contributed by atoms with Crippen LogP contribution in [-0.2, 0) is 14.3 Å². The summed E-state index contributed by atoms with van der Waals surface area (Å²) in [5.74, 6) is 1.58. The molecule has 0 aromatic heterocycles. The van der Waals surface area contributed by atoms with E-state index in [4.69, 9.17) is 9.47 Å². The molecule has 2 rings (SSSR count). The molecule has 20 heavy (non-hydrogen) atoms. The lowest BCUT2D eigenvalue weighted by molar-refractivity contribution is -0.148. The summed E-state index contributed by atoms with van der Waals surface area (Å²) >= 11 is 2.44. The minimum Gasteiger partial charge on any atom is -0.466 e. The van der Waals surface area contributed by atoms with Crippen molar-refractivity contribution in [3.63, 3.8) is 0 Å². The first-order valence-corrected chi connectivity index (χ1v) is 9.22. The molecule has 0 aromatic rings. The predicted molar refractivity (Wildman–Crippen MR) is 88.0 cm³/mol. The molecule has 0 saturated heterocycles. The van der Waals surface area contributed by atoms with Crippen LogP contribution in [0.3, 0.4) is 0 Å². The van der Waals surface area contributed by atoms with E-state index < -0.39 is 0 Å². The number of halogens is 1. The Morgan fingerprint density at radius 2 is 1.90 bits per heavy atom. The van der Waals surface area contributed by atoms with Crippen LogP contribution in [0.25, 0.3) is 0 Å². The van der Waals surface area contributed by atoms with Crippen molar-refractivity contribution in [1.29, 1.82) is 0 Å². The molecule has 0 heterocycles. The second-order valence-corrected chi connectivity index (χ2v) is 8.10. The summed E-state index contributed by atoms with van der Waals surface area (Å²) in [5, 5.41) is 0. The molecule has 6 unspecified atom stereocenters. The average Bonchev–Trinajstić information content (AvgIpc) is 2.76. The van der Waals surface area contributed by atoms with Crippen molar-refractivity contribution in [2.24, 2.45) is 17.8 Å². The Kier molecular flexibility index (Phi) is 6.14. The number of carbonyl (C=O) groups excluding carboxylic acids is 1. The van der Waals surface area contributed by atoms with Crippen LogP contribution in [-0.4, -0.2) is 28.7 Å². The molecule has 116 valence electrons. The SMILES string of the molecule is CCOC(=O)C1CC(I)C(OC2CCC(C)C(C)C2)C1. The van der Waals surface area contributed by atoms with Gasteiger partial charge >= 0.3 is 5.97 Å². The number of rotatable bonds is 4. The molecule has 2 saturated carbocycles. The zero-order valence-corrected chi connectivity index (χ0v) is 15.0. The summed E-state index contributed by atoms with van der Waals surface area (Å²) in [6.45, 7) is 7.02. The smallest absolute Gasteiger partial charge is 0.309 e. The topological polar surface area (TPSA) is 35.5 Å². The first-order chi connectivity index (χ1) is 9.51. The van der Waals surface area contributed by atoms with E-state index in [1.165, 1.54) is 19.3 Å². The van der Waals surface area contributed by atoms with Gasteiger partial charge in [0.1, 0.15) is 0 Å². The first kappa shape index (κ1) is 16.5. The Morgan fingerprint density at radius 3 is 2.55 bits per heavy atom. The van der Waals surface area contributed by atoms with E-state index in [1.54, 1.807) is 0 Å². The van der Waals surface area contributed by atoms with Gasteiger partial charge in [0, 0.05) is 3.92 Å². The maximum atomic E-state index is 11.8. The Bertz CT molecular complexity index is 334. The van der Waals surface area contributed by atoms with Crippen LogP contribution in [0.4, 0.5) is 0 Å². The molecule has 3 nitrogen and oxygen atoms in total. The molecule has 0 N–H and O–H groups in total. The lowest BCUT2D eigenvalue weighted by Gasteiger charge is -2.34. The molecule has 4 heteroatoms. The molecule has 0 aliphatic heterocycles. The quantitative estimate of drug-likeness (QED) is 0.411. The molecular formula is C16H27IO3. The van der Waals surface area contributed by atoms with Gasteiger partial charge in [0.15, 0.2) is 0 Å². The van der Waals surface area contributed by atoms with Crippen molar-refractivity contribution in [3.8, 4) is 0 Å². The molecule has 6 atom stereocenters. The van der Waals surface area contributed by atoms with E-state index in [0.29, 0.717) is 16.6 Å². The van der Waals surface area contributed by atoms with Crippen LogP contribution in [0.15, 0.2) is 0 Å². The van der Waals surface area contributed by atoms with Gasteiger partial charge in [-0.1, -0.05) is 36.4 Å². The van der Waals surface area contributed by atoms with Crippen LogP contribution < -0.4 is 0 Å². The van der Waals surface area contributed by atoms with Gasteiger partial charge in [0.05, 0.1) is 24.7 Å². The summed E-state index contributed by atoms with van der Waals surface area (Å²) in [4.78, 5) is 11.8. The molecule has 2 aliphatic carbocycles. The Hall–Kier alpha value is 0.160. The molecule has 0 radical (unpaired) electrons. The maximum Gasteiger partial charge on any atom is 0.309 e. The fourth-order valence-electron chi connectivity index (χ4n) is 3.41. The molecule has 2 aliphatic rings. The number of carbonyl (C=O) groups is 1. The maximum absolute atomic E-state index is 11.8. The lowest BCUT2D eigenvalue weighted by Crippen LogP contribution is -2.32. The Morgan fingerprint density at radius 1 is 1.15 bits per heavy atom. The van der Waals surface area contributed by atoms with Crippen LogP contribution in [0.2, 0.25) is 0 Å². The van der Waals surface area contributed by atoms with Gasteiger partial charge in [-0.25, -0.2) is 0 Å². The predicted octanol–water partition coefficient (Wildman–Crippen LogP) is 3.97. The highest BCUT2D eigenvalue weighted by Crippen LogP contribution is 2.38. The van der Waals surface area contributed by atoms with Crippen LogP contribution in [0.5, 0.6) is 0 Å². The van der Waals surface area contributed by atoms with E-state index >= 15 is 0 Å². The second kappa shape index (κ2) is 7.43. The number of alkyl halides is 1. The summed E-state index contributed by atoms with van der Waals surface area (Å²) in [6, 6.07) is 0. The van der Waals surface area contributed by atoms with Crippen LogP contribution in [0.1, 0.15) is 52.9 Å². The van der Waals surface area contributed by atoms with Gasteiger partial charge in [-0.3, -0.25) is 4.79 Å². The van der Waals surface area contributed by atoms with Gasteiger partial charge in [-0.2, -0.15) is 0 Å². The van der Waals surface area contributed by atoms with E-state index in [-0.39, 0.29) is 18.0 Å². The van der Waals surface area contributed by atoms with Gasteiger partial charge in [-0.05, 0) is 50.9 Å². The molecule has 0 aromatic carbocycles. The highest BCUT2D eigenvalue weighted by molar-refractivity contribution is 14.1. The molecule has 2 fully saturated rings. The third-order valence-corrected chi connectivity index (χ3v) is 6.28. The van der Waals surface area contributed by atoms with Gasteiger partial charge < -0.3 is 9.47 Å². The van der Waals surface area contributed by atoms with E-state index in [2.05, 4.69) is 36.4 Å². The summed E-state index contributed by atoms with van der Waals surface area (Å²) < 4.78 is 11.9. The zero-order valence-electron chi connectivity index (χ0n) is 12.8. The minimum absolute atomic E-state index is 0.0362. The van der Waals surface area contributed by atoms with Crippen molar-refractivity contribution >= 4 is 28.6 Å². The van der Waals surface area contributed by atoms with Gasteiger partial charge in [0.2, 0.25) is 0 Å². The highest BCUT2D eigenvalue weighted by atomic mass is 127. The monoisotopic (exact) mass is 394 g/mol. The molecular weight excluding hydrogens is 367 g/mol. The Balaban J connectivity index is 1.83. The zero-order chi connectivity index (χ0) is 14.7. The first-order valence-electron chi connectivity index (χ1n) is 7.97. The second-order valence-electron chi connectivity index (χ2n) is 6.50. The van der Waals surface area contributed by atoms with Crippen LogP contribution >= 0.6 is 22.6 Å². The van der Waals surface area contributed by atoms with Crippen molar-refractivity contribution < 1.29 is 14.3 Å². The summed E-state index contributed by atoms with van der Waals surface area (Å²) in [7, 11) is 0. The fourth-order valence-corrected chi connectivity index (χ4v) is 4.49. The van der Waals surface area contributed by atoms with Crippen molar-refractivity contribution in [3.05, 3.63) is 0 Å². The summed E-state index contributed by atoms with van der Waals surface area (Å²) in [5.41, 5.74) is 0. The number of ether oxygens (including phenoxy) is 2. The van der Waals surface area contributed by atoms with Crippen molar-refractivity contribution in [2.45, 2.75) is 69.0 Å². The standard InChI is InChI=1S/C16H27IO3/c1-4-19-16(18)12-8-14(17)15(9-12)20-13-6-5-10(2)11(3)7-13/h10-15H,4-9H2,1-3H3. The van der Waals surface area contributed by atoms with E-state index in [9.17, 15) is 4.79 Å². The third kappa shape index (κ3) is 4.09. The molecule has 0 spiro atoms. The normalized spacial score (nSPS) is 41.6. The van der Waals surface area contributed by atoms with E-state index in [0.717, 1.165) is 24.7 Å². The minimum atomic E-state index is -0.0362. The lowest BCUT2D eigenvalue weighted by atomic mass is 9.80. The van der Waals surface area contributed by atoms with Crippen molar-refractivity contribution in [2.75, 3.05) is 6.61 Å². The van der Waals surface area contributed by atoms with Crippen LogP contribution in [0, 0.1) is 17.8 Å².